The van der Waals surface area contributed by atoms with Gasteiger partial charge in [0.15, 0.2) is 0 Å². The molecule has 0 unspecified atom stereocenters. The Hall–Kier alpha value is -1.77. The van der Waals surface area contributed by atoms with E-state index >= 15 is 0 Å². The fraction of sp³-hybridized carbons (Fsp3) is 0.250. The number of aromatic nitrogens is 2. The van der Waals surface area contributed by atoms with Crippen LogP contribution in [0.2, 0.25) is 0 Å². The number of hydrogen-bond acceptors (Lipinski definition) is 2. The average molecular weight is 201 g/mol. The van der Waals surface area contributed by atoms with Crippen LogP contribution in [0.4, 0.5) is 5.69 Å². The summed E-state index contributed by atoms with van der Waals surface area (Å²) in [5.74, 6) is 0. The van der Waals surface area contributed by atoms with Gasteiger partial charge in [-0.25, -0.2) is 0 Å². The molecule has 0 saturated heterocycles. The molecule has 78 valence electrons. The van der Waals surface area contributed by atoms with E-state index in [1.165, 1.54) is 11.1 Å². The van der Waals surface area contributed by atoms with Gasteiger partial charge >= 0.3 is 0 Å². The predicted octanol–water partition coefficient (Wildman–Crippen LogP) is 2.74. The van der Waals surface area contributed by atoms with Crippen LogP contribution in [0.5, 0.6) is 0 Å². The zero-order valence-electron chi connectivity index (χ0n) is 9.26. The lowest BCUT2D eigenvalue weighted by atomic mass is 10.0. The molecule has 0 bridgehead atoms. The second-order valence-corrected chi connectivity index (χ2v) is 3.64. The Morgan fingerprint density at radius 2 is 1.93 bits per heavy atom. The molecule has 3 heteroatoms. The third-order valence-electron chi connectivity index (χ3n) is 2.60. The Bertz CT molecular complexity index is 471. The molecule has 0 radical (unpaired) electrons. The molecule has 1 heterocycles. The smallest absolute Gasteiger partial charge is 0.116 e. The molecule has 0 aliphatic carbocycles. The Morgan fingerprint density at radius 3 is 2.60 bits per heavy atom. The van der Waals surface area contributed by atoms with Crippen molar-refractivity contribution in [1.29, 1.82) is 0 Å². The molecule has 0 atom stereocenters. The number of nitrogens with zero attached hydrogens (tertiary/aromatic N) is 1. The SMILES string of the molecule is CNc1c(-c2ccccc2C)n[nH]c1C. The third-order valence-corrected chi connectivity index (χ3v) is 2.60. The normalized spacial score (nSPS) is 10.3. The van der Waals surface area contributed by atoms with Crippen molar-refractivity contribution in [2.45, 2.75) is 13.8 Å². The lowest BCUT2D eigenvalue weighted by molar-refractivity contribution is 1.05. The van der Waals surface area contributed by atoms with Gasteiger partial charge in [0.25, 0.3) is 0 Å². The summed E-state index contributed by atoms with van der Waals surface area (Å²) >= 11 is 0. The van der Waals surface area contributed by atoms with Crippen molar-refractivity contribution in [3.8, 4) is 11.3 Å². The van der Waals surface area contributed by atoms with Gasteiger partial charge < -0.3 is 5.32 Å². The first kappa shape index (κ1) is 9.77. The number of H-pyrrole nitrogens is 1. The number of hydrogen-bond donors (Lipinski definition) is 2. The fourth-order valence-electron chi connectivity index (χ4n) is 1.77. The molecule has 2 rings (SSSR count). The summed E-state index contributed by atoms with van der Waals surface area (Å²) in [7, 11) is 1.92. The highest BCUT2D eigenvalue weighted by Crippen LogP contribution is 2.29. The zero-order valence-corrected chi connectivity index (χ0v) is 9.26. The van der Waals surface area contributed by atoms with Gasteiger partial charge in [0.05, 0.1) is 11.4 Å². The molecule has 1 aromatic carbocycles. The van der Waals surface area contributed by atoms with Crippen molar-refractivity contribution in [2.24, 2.45) is 0 Å². The van der Waals surface area contributed by atoms with Crippen LogP contribution in [-0.2, 0) is 0 Å². The highest BCUT2D eigenvalue weighted by atomic mass is 15.1. The quantitative estimate of drug-likeness (QED) is 0.784. The van der Waals surface area contributed by atoms with E-state index in [0.717, 1.165) is 17.1 Å². The molecular weight excluding hydrogens is 186 g/mol. The van der Waals surface area contributed by atoms with Gasteiger partial charge in [0, 0.05) is 12.6 Å². The predicted molar refractivity (Wildman–Crippen MR) is 63.0 cm³/mol. The van der Waals surface area contributed by atoms with Crippen LogP contribution in [-0.4, -0.2) is 17.2 Å². The van der Waals surface area contributed by atoms with Gasteiger partial charge in [-0.3, -0.25) is 5.10 Å². The molecule has 15 heavy (non-hydrogen) atoms. The molecule has 2 N–H and O–H groups in total. The standard InChI is InChI=1S/C12H15N3/c1-8-6-4-5-7-10(8)12-11(13-3)9(2)14-15-12/h4-7,13H,1-3H3,(H,14,15). The van der Waals surface area contributed by atoms with Gasteiger partial charge in [-0.1, -0.05) is 24.3 Å². The maximum absolute atomic E-state index is 4.33. The fourth-order valence-corrected chi connectivity index (χ4v) is 1.77. The zero-order chi connectivity index (χ0) is 10.8. The first-order chi connectivity index (χ1) is 7.24. The largest absolute Gasteiger partial charge is 0.385 e. The molecule has 0 aliphatic heterocycles. The number of aromatic amines is 1. The molecule has 0 spiro atoms. The minimum atomic E-state index is 0.994. The lowest BCUT2D eigenvalue weighted by Crippen LogP contribution is -1.92. The minimum absolute atomic E-state index is 0.994. The summed E-state index contributed by atoms with van der Waals surface area (Å²) in [5.41, 5.74) is 5.54. The molecule has 2 aromatic rings. The Labute approximate surface area is 89.5 Å². The topological polar surface area (TPSA) is 40.7 Å². The van der Waals surface area contributed by atoms with E-state index in [4.69, 9.17) is 0 Å². The molecule has 3 nitrogen and oxygen atoms in total. The summed E-state index contributed by atoms with van der Waals surface area (Å²) in [6, 6.07) is 8.26. The highest BCUT2D eigenvalue weighted by Gasteiger charge is 2.11. The van der Waals surface area contributed by atoms with Crippen LogP contribution in [0.25, 0.3) is 11.3 Å². The maximum atomic E-state index is 4.33. The van der Waals surface area contributed by atoms with Crippen LogP contribution in [0, 0.1) is 13.8 Å². The van der Waals surface area contributed by atoms with E-state index in [9.17, 15) is 0 Å². The Kier molecular flexibility index (Phi) is 2.46. The first-order valence-corrected chi connectivity index (χ1v) is 5.02. The van der Waals surface area contributed by atoms with Crippen molar-refractivity contribution in [1.82, 2.24) is 10.2 Å². The summed E-state index contributed by atoms with van der Waals surface area (Å²) in [5, 5.41) is 10.5. The molecule has 0 aliphatic rings. The van der Waals surface area contributed by atoms with E-state index in [1.54, 1.807) is 0 Å². The summed E-state index contributed by atoms with van der Waals surface area (Å²) in [6.45, 7) is 4.11. The van der Waals surface area contributed by atoms with Crippen molar-refractivity contribution >= 4 is 5.69 Å². The van der Waals surface area contributed by atoms with E-state index in [-0.39, 0.29) is 0 Å². The monoisotopic (exact) mass is 201 g/mol. The molecular formula is C12H15N3. The number of rotatable bonds is 2. The van der Waals surface area contributed by atoms with Gasteiger partial charge in [-0.2, -0.15) is 5.10 Å². The van der Waals surface area contributed by atoms with Crippen molar-refractivity contribution in [3.63, 3.8) is 0 Å². The molecule has 0 fully saturated rings. The Morgan fingerprint density at radius 1 is 1.20 bits per heavy atom. The van der Waals surface area contributed by atoms with Crippen LogP contribution in [0.1, 0.15) is 11.3 Å². The van der Waals surface area contributed by atoms with Crippen LogP contribution in [0.15, 0.2) is 24.3 Å². The van der Waals surface area contributed by atoms with Crippen molar-refractivity contribution < 1.29 is 0 Å². The number of aryl methyl sites for hydroxylation is 2. The minimum Gasteiger partial charge on any atom is -0.385 e. The average Bonchev–Trinajstić information content (AvgIpc) is 2.60. The highest BCUT2D eigenvalue weighted by molar-refractivity contribution is 5.77. The molecule has 0 saturated carbocycles. The summed E-state index contributed by atoms with van der Waals surface area (Å²) < 4.78 is 0. The van der Waals surface area contributed by atoms with Crippen LogP contribution >= 0.6 is 0 Å². The van der Waals surface area contributed by atoms with E-state index in [0.29, 0.717) is 0 Å². The van der Waals surface area contributed by atoms with Gasteiger partial charge in [-0.05, 0) is 19.4 Å². The van der Waals surface area contributed by atoms with Crippen LogP contribution < -0.4 is 5.32 Å². The van der Waals surface area contributed by atoms with E-state index in [2.05, 4.69) is 34.6 Å². The van der Waals surface area contributed by atoms with Gasteiger partial charge in [-0.15, -0.1) is 0 Å². The second kappa shape index (κ2) is 3.77. The van der Waals surface area contributed by atoms with Gasteiger partial charge in [0.2, 0.25) is 0 Å². The van der Waals surface area contributed by atoms with Crippen LogP contribution in [0.3, 0.4) is 0 Å². The molecule has 1 aromatic heterocycles. The van der Waals surface area contributed by atoms with Crippen molar-refractivity contribution in [3.05, 3.63) is 35.5 Å². The number of benzene rings is 1. The number of nitrogens with one attached hydrogen (secondary N) is 2. The second-order valence-electron chi connectivity index (χ2n) is 3.64. The molecule has 0 amide bonds. The third kappa shape index (κ3) is 1.61. The van der Waals surface area contributed by atoms with E-state index in [1.807, 2.05) is 26.1 Å². The first-order valence-electron chi connectivity index (χ1n) is 5.02. The van der Waals surface area contributed by atoms with Gasteiger partial charge in [0.1, 0.15) is 5.69 Å². The number of anilines is 1. The van der Waals surface area contributed by atoms with Crippen molar-refractivity contribution in [2.75, 3.05) is 12.4 Å². The summed E-state index contributed by atoms with van der Waals surface area (Å²) in [6.07, 6.45) is 0. The Balaban J connectivity index is 2.59. The lowest BCUT2D eigenvalue weighted by Gasteiger charge is -2.05. The van der Waals surface area contributed by atoms with E-state index < -0.39 is 0 Å². The maximum Gasteiger partial charge on any atom is 0.116 e. The summed E-state index contributed by atoms with van der Waals surface area (Å²) in [4.78, 5) is 0.